The van der Waals surface area contributed by atoms with Gasteiger partial charge in [-0.05, 0) is 54.4 Å². The zero-order valence-electron chi connectivity index (χ0n) is 14.0. The highest BCUT2D eigenvalue weighted by Gasteiger charge is 2.31. The Labute approximate surface area is 130 Å². The molecule has 0 aromatic heterocycles. The molecular formula is C15H28N2O3S. The van der Waals surface area contributed by atoms with Gasteiger partial charge < -0.3 is 9.64 Å². The van der Waals surface area contributed by atoms with Crippen LogP contribution in [0.5, 0.6) is 0 Å². The number of nitrogens with zero attached hydrogens (tertiary/aromatic N) is 2. The van der Waals surface area contributed by atoms with E-state index in [0.29, 0.717) is 6.42 Å². The van der Waals surface area contributed by atoms with Gasteiger partial charge in [0.05, 0.1) is 4.75 Å². The van der Waals surface area contributed by atoms with Crippen molar-refractivity contribution < 1.29 is 13.7 Å². The number of ether oxygens (including phenoxy) is 1. The Balaban J connectivity index is 2.57. The smallest absolute Gasteiger partial charge is 0.410 e. The Morgan fingerprint density at radius 2 is 1.95 bits per heavy atom. The van der Waals surface area contributed by atoms with Crippen LogP contribution in [0.15, 0.2) is 4.40 Å². The minimum atomic E-state index is -1.24. The standard InChI is InChI=1S/C15H28N2O3S/c1-14(2,3)20-13(18)17-11-7-8-12(17)9-10-16-21(19)15(4,5)6/h10,12H,7-9,11H2,1-6H3/b16-10-/t12-,21+/m0/s1. The van der Waals surface area contributed by atoms with Gasteiger partial charge in [0.15, 0.2) is 0 Å². The van der Waals surface area contributed by atoms with E-state index in [-0.39, 0.29) is 16.9 Å². The summed E-state index contributed by atoms with van der Waals surface area (Å²) in [5.74, 6) is 0. The van der Waals surface area contributed by atoms with Crippen molar-refractivity contribution in [2.45, 2.75) is 77.2 Å². The third-order valence-electron chi connectivity index (χ3n) is 3.08. The lowest BCUT2D eigenvalue weighted by molar-refractivity contribution is 0.0232. The van der Waals surface area contributed by atoms with Crippen molar-refractivity contribution in [2.75, 3.05) is 6.54 Å². The Bertz CT molecular complexity index is 422. The number of hydrogen-bond acceptors (Lipinski definition) is 3. The molecule has 0 aromatic carbocycles. The molecule has 122 valence electrons. The molecule has 1 fully saturated rings. The molecule has 0 N–H and O–H groups in total. The first kappa shape index (κ1) is 18.1. The minimum absolute atomic E-state index is 0.0977. The largest absolute Gasteiger partial charge is 0.444 e. The molecule has 21 heavy (non-hydrogen) atoms. The van der Waals surface area contributed by atoms with Crippen molar-refractivity contribution in [3.05, 3.63) is 0 Å². The van der Waals surface area contributed by atoms with Gasteiger partial charge in [0.2, 0.25) is 0 Å². The van der Waals surface area contributed by atoms with E-state index in [1.54, 1.807) is 11.1 Å². The van der Waals surface area contributed by atoms with Crippen molar-refractivity contribution in [1.29, 1.82) is 0 Å². The summed E-state index contributed by atoms with van der Waals surface area (Å²) in [6, 6.07) is 0.0977. The summed E-state index contributed by atoms with van der Waals surface area (Å²) in [5.41, 5.74) is -0.480. The molecule has 0 radical (unpaired) electrons. The van der Waals surface area contributed by atoms with E-state index < -0.39 is 16.6 Å². The molecule has 0 unspecified atom stereocenters. The average molecular weight is 316 g/mol. The number of hydrogen-bond donors (Lipinski definition) is 0. The second kappa shape index (κ2) is 6.90. The molecule has 2 atom stereocenters. The van der Waals surface area contributed by atoms with E-state index >= 15 is 0 Å². The molecule has 6 heteroatoms. The number of carbonyl (C=O) groups is 1. The highest BCUT2D eigenvalue weighted by Crippen LogP contribution is 2.22. The maximum absolute atomic E-state index is 12.1. The van der Waals surface area contributed by atoms with Crippen LogP contribution in [0, 0.1) is 0 Å². The topological polar surface area (TPSA) is 59.0 Å². The molecule has 1 saturated heterocycles. The number of likely N-dealkylation sites (tertiary alicyclic amines) is 1. The van der Waals surface area contributed by atoms with Gasteiger partial charge in [-0.15, -0.1) is 0 Å². The van der Waals surface area contributed by atoms with Gasteiger partial charge >= 0.3 is 6.09 Å². The molecule has 5 nitrogen and oxygen atoms in total. The van der Waals surface area contributed by atoms with E-state index in [9.17, 15) is 9.00 Å². The molecular weight excluding hydrogens is 288 g/mol. The van der Waals surface area contributed by atoms with Gasteiger partial charge in [0, 0.05) is 25.2 Å². The summed E-state index contributed by atoms with van der Waals surface area (Å²) in [4.78, 5) is 13.9. The first-order chi connectivity index (χ1) is 9.50. The lowest BCUT2D eigenvalue weighted by Crippen LogP contribution is -2.40. The van der Waals surface area contributed by atoms with E-state index in [1.807, 2.05) is 41.5 Å². The molecule has 0 aliphatic carbocycles. The Hall–Kier alpha value is -0.910. The summed E-state index contributed by atoms with van der Waals surface area (Å²) in [5, 5.41) is 0. The third kappa shape index (κ3) is 6.16. The van der Waals surface area contributed by atoms with Gasteiger partial charge in [-0.25, -0.2) is 9.00 Å². The predicted octanol–water partition coefficient (Wildman–Crippen LogP) is 3.31. The van der Waals surface area contributed by atoms with Crippen LogP contribution in [0.1, 0.15) is 60.8 Å². The molecule has 1 aliphatic rings. The van der Waals surface area contributed by atoms with Gasteiger partial charge in [-0.2, -0.15) is 4.40 Å². The molecule has 1 rings (SSSR count). The molecule has 0 saturated carbocycles. The van der Waals surface area contributed by atoms with Crippen LogP contribution in [0.25, 0.3) is 0 Å². The summed E-state index contributed by atoms with van der Waals surface area (Å²) < 4.78 is 21.0. The van der Waals surface area contributed by atoms with Gasteiger partial charge in [0.1, 0.15) is 16.6 Å². The Kier molecular flexibility index (Phi) is 5.96. The van der Waals surface area contributed by atoms with Crippen LogP contribution in [0.4, 0.5) is 4.79 Å². The number of carbonyl (C=O) groups excluding carboxylic acids is 1. The number of rotatable bonds is 3. The van der Waals surface area contributed by atoms with Crippen LogP contribution in [0.2, 0.25) is 0 Å². The van der Waals surface area contributed by atoms with Gasteiger partial charge in [0.25, 0.3) is 0 Å². The predicted molar refractivity (Wildman–Crippen MR) is 87.0 cm³/mol. The number of amides is 1. The zero-order valence-corrected chi connectivity index (χ0v) is 14.8. The van der Waals surface area contributed by atoms with Gasteiger partial charge in [-0.3, -0.25) is 0 Å². The zero-order chi connectivity index (χ0) is 16.3. The molecule has 1 heterocycles. The van der Waals surface area contributed by atoms with E-state index in [1.165, 1.54) is 0 Å². The molecule has 0 bridgehead atoms. The summed E-state index contributed by atoms with van der Waals surface area (Å²) in [6.45, 7) is 12.0. The summed E-state index contributed by atoms with van der Waals surface area (Å²) in [6.07, 6.45) is 3.96. The maximum Gasteiger partial charge on any atom is 0.410 e. The van der Waals surface area contributed by atoms with Crippen LogP contribution in [-0.2, 0) is 15.7 Å². The molecule has 1 aliphatic heterocycles. The fraction of sp³-hybridized carbons (Fsp3) is 0.867. The highest BCUT2D eigenvalue weighted by atomic mass is 32.2. The fourth-order valence-electron chi connectivity index (χ4n) is 2.03. The molecule has 0 aromatic rings. The van der Waals surface area contributed by atoms with Crippen LogP contribution >= 0.6 is 0 Å². The first-order valence-electron chi connectivity index (χ1n) is 7.45. The average Bonchev–Trinajstić information content (AvgIpc) is 2.73. The van der Waals surface area contributed by atoms with Crippen molar-refractivity contribution in [3.63, 3.8) is 0 Å². The Morgan fingerprint density at radius 1 is 1.33 bits per heavy atom. The normalized spacial score (nSPS) is 21.8. The fourth-order valence-corrected chi connectivity index (χ4v) is 2.57. The van der Waals surface area contributed by atoms with Gasteiger partial charge in [-0.1, -0.05) is 0 Å². The SMILES string of the molecule is CC(C)(C)OC(=O)N1CCC[C@H]1C/C=N\[S@](=O)C(C)(C)C. The molecule has 0 spiro atoms. The van der Waals surface area contributed by atoms with E-state index in [2.05, 4.69) is 4.40 Å². The monoisotopic (exact) mass is 316 g/mol. The lowest BCUT2D eigenvalue weighted by atomic mass is 10.1. The van der Waals surface area contributed by atoms with Crippen LogP contribution < -0.4 is 0 Å². The lowest BCUT2D eigenvalue weighted by Gasteiger charge is -2.28. The maximum atomic E-state index is 12.1. The van der Waals surface area contributed by atoms with Crippen molar-refractivity contribution in [1.82, 2.24) is 4.90 Å². The van der Waals surface area contributed by atoms with E-state index in [0.717, 1.165) is 19.4 Å². The summed E-state index contributed by atoms with van der Waals surface area (Å²) >= 11 is 0. The van der Waals surface area contributed by atoms with Crippen molar-refractivity contribution >= 4 is 23.3 Å². The highest BCUT2D eigenvalue weighted by molar-refractivity contribution is 7.85. The quantitative estimate of drug-likeness (QED) is 0.751. The molecule has 1 amide bonds. The van der Waals surface area contributed by atoms with E-state index in [4.69, 9.17) is 4.74 Å². The minimum Gasteiger partial charge on any atom is -0.444 e. The second-order valence-corrected chi connectivity index (χ2v) is 9.29. The third-order valence-corrected chi connectivity index (χ3v) is 4.47. The summed E-state index contributed by atoms with van der Waals surface area (Å²) in [7, 11) is -1.24. The van der Waals surface area contributed by atoms with Crippen molar-refractivity contribution in [2.24, 2.45) is 4.40 Å². The van der Waals surface area contributed by atoms with Crippen LogP contribution in [0.3, 0.4) is 0 Å². The second-order valence-electron chi connectivity index (χ2n) is 7.36. The first-order valence-corrected chi connectivity index (χ1v) is 8.55. The Morgan fingerprint density at radius 3 is 2.48 bits per heavy atom. The van der Waals surface area contributed by atoms with Crippen LogP contribution in [-0.4, -0.2) is 44.4 Å². The van der Waals surface area contributed by atoms with Crippen molar-refractivity contribution in [3.8, 4) is 0 Å².